The second-order valence-electron chi connectivity index (χ2n) is 4.54. The molecule has 1 amide bonds. The summed E-state index contributed by atoms with van der Waals surface area (Å²) >= 11 is 3.11. The van der Waals surface area contributed by atoms with Crippen molar-refractivity contribution in [3.8, 4) is 0 Å². The van der Waals surface area contributed by atoms with Gasteiger partial charge >= 0.3 is 0 Å². The summed E-state index contributed by atoms with van der Waals surface area (Å²) in [5.41, 5.74) is 7.28. The standard InChI is InChI=1S/C16H14N2OS2/c17-12-5-7-13(8-6-12)18(11-14-3-1-9-20-14)16(19)15-4-2-10-21-15/h1-10H,11,17H2. The number of carbonyl (C=O) groups excluding carboxylic acids is 1. The van der Waals surface area contributed by atoms with Crippen LogP contribution in [0.3, 0.4) is 0 Å². The molecule has 2 aromatic heterocycles. The lowest BCUT2D eigenvalue weighted by Gasteiger charge is -2.22. The van der Waals surface area contributed by atoms with E-state index in [0.29, 0.717) is 12.2 Å². The number of anilines is 2. The van der Waals surface area contributed by atoms with E-state index in [1.807, 2.05) is 59.3 Å². The first-order valence-electron chi connectivity index (χ1n) is 6.47. The number of carbonyl (C=O) groups is 1. The summed E-state index contributed by atoms with van der Waals surface area (Å²) < 4.78 is 0. The zero-order valence-corrected chi connectivity index (χ0v) is 12.9. The fourth-order valence-electron chi connectivity index (χ4n) is 2.03. The van der Waals surface area contributed by atoms with E-state index >= 15 is 0 Å². The molecule has 0 bridgehead atoms. The fourth-order valence-corrected chi connectivity index (χ4v) is 3.39. The van der Waals surface area contributed by atoms with E-state index in [1.165, 1.54) is 11.3 Å². The molecule has 0 saturated carbocycles. The largest absolute Gasteiger partial charge is 0.399 e. The number of rotatable bonds is 4. The Bertz CT molecular complexity index is 703. The van der Waals surface area contributed by atoms with Gasteiger partial charge in [0.25, 0.3) is 5.91 Å². The second kappa shape index (κ2) is 6.11. The van der Waals surface area contributed by atoms with Gasteiger partial charge in [0.05, 0.1) is 11.4 Å². The zero-order valence-electron chi connectivity index (χ0n) is 11.2. The maximum Gasteiger partial charge on any atom is 0.268 e. The van der Waals surface area contributed by atoms with Gasteiger partial charge in [-0.2, -0.15) is 0 Å². The monoisotopic (exact) mass is 314 g/mol. The van der Waals surface area contributed by atoms with E-state index in [-0.39, 0.29) is 5.91 Å². The van der Waals surface area contributed by atoms with Crippen LogP contribution in [0.1, 0.15) is 14.5 Å². The number of thiophene rings is 2. The maximum absolute atomic E-state index is 12.7. The number of nitrogens with two attached hydrogens (primary N) is 1. The SMILES string of the molecule is Nc1ccc(N(Cc2cccs2)C(=O)c2cccs2)cc1. The molecule has 2 heterocycles. The Kier molecular flexibility index (Phi) is 4.03. The molecule has 1 aromatic carbocycles. The highest BCUT2D eigenvalue weighted by atomic mass is 32.1. The average molecular weight is 314 g/mol. The van der Waals surface area contributed by atoms with Gasteiger partial charge in [-0.15, -0.1) is 22.7 Å². The molecule has 0 radical (unpaired) electrons. The summed E-state index contributed by atoms with van der Waals surface area (Å²) in [6, 6.07) is 15.2. The fraction of sp³-hybridized carbons (Fsp3) is 0.0625. The van der Waals surface area contributed by atoms with Crippen LogP contribution in [0, 0.1) is 0 Å². The molecule has 21 heavy (non-hydrogen) atoms. The van der Waals surface area contributed by atoms with Gasteiger partial charge in [-0.05, 0) is 47.2 Å². The van der Waals surface area contributed by atoms with E-state index in [0.717, 1.165) is 15.4 Å². The van der Waals surface area contributed by atoms with E-state index < -0.39 is 0 Å². The van der Waals surface area contributed by atoms with Gasteiger partial charge in [0, 0.05) is 16.3 Å². The summed E-state index contributed by atoms with van der Waals surface area (Å²) in [5, 5.41) is 3.94. The summed E-state index contributed by atoms with van der Waals surface area (Å²) in [7, 11) is 0. The zero-order chi connectivity index (χ0) is 14.7. The smallest absolute Gasteiger partial charge is 0.268 e. The Morgan fingerprint density at radius 1 is 1.00 bits per heavy atom. The minimum atomic E-state index is 0.0168. The van der Waals surface area contributed by atoms with Crippen molar-refractivity contribution >= 4 is 40.0 Å². The van der Waals surface area contributed by atoms with Crippen molar-refractivity contribution in [1.82, 2.24) is 0 Å². The van der Waals surface area contributed by atoms with Crippen LogP contribution in [-0.2, 0) is 6.54 Å². The molecule has 0 aliphatic rings. The second-order valence-corrected chi connectivity index (χ2v) is 6.52. The third kappa shape index (κ3) is 3.15. The Morgan fingerprint density at radius 2 is 1.71 bits per heavy atom. The molecule has 0 saturated heterocycles. The van der Waals surface area contributed by atoms with E-state index in [1.54, 1.807) is 16.2 Å². The van der Waals surface area contributed by atoms with E-state index in [4.69, 9.17) is 5.73 Å². The molecule has 106 valence electrons. The molecule has 3 rings (SSSR count). The van der Waals surface area contributed by atoms with E-state index in [9.17, 15) is 4.79 Å². The Labute approximate surface area is 131 Å². The van der Waals surface area contributed by atoms with Crippen molar-refractivity contribution in [3.05, 3.63) is 69.0 Å². The number of benzene rings is 1. The number of hydrogen-bond donors (Lipinski definition) is 1. The summed E-state index contributed by atoms with van der Waals surface area (Å²) in [6.07, 6.45) is 0. The third-order valence-corrected chi connectivity index (χ3v) is 4.79. The molecule has 2 N–H and O–H groups in total. The average Bonchev–Trinajstić information content (AvgIpc) is 3.18. The number of nitrogen functional groups attached to an aromatic ring is 1. The highest BCUT2D eigenvalue weighted by Gasteiger charge is 2.19. The summed E-state index contributed by atoms with van der Waals surface area (Å²) in [6.45, 7) is 0.568. The van der Waals surface area contributed by atoms with Crippen LogP contribution in [-0.4, -0.2) is 5.91 Å². The van der Waals surface area contributed by atoms with Crippen molar-refractivity contribution in [1.29, 1.82) is 0 Å². The van der Waals surface area contributed by atoms with Gasteiger partial charge in [-0.1, -0.05) is 12.1 Å². The van der Waals surface area contributed by atoms with E-state index in [2.05, 4.69) is 0 Å². The van der Waals surface area contributed by atoms with Crippen molar-refractivity contribution in [2.75, 3.05) is 10.6 Å². The summed E-state index contributed by atoms with van der Waals surface area (Å²) in [5.74, 6) is 0.0168. The quantitative estimate of drug-likeness (QED) is 0.732. The van der Waals surface area contributed by atoms with Gasteiger partial charge in [0.15, 0.2) is 0 Å². The van der Waals surface area contributed by atoms with Crippen LogP contribution >= 0.6 is 22.7 Å². The van der Waals surface area contributed by atoms with Crippen LogP contribution in [0.25, 0.3) is 0 Å². The molecule has 0 unspecified atom stereocenters. The first kappa shape index (κ1) is 13.9. The molecule has 0 spiro atoms. The van der Waals surface area contributed by atoms with Crippen LogP contribution in [0.5, 0.6) is 0 Å². The van der Waals surface area contributed by atoms with Gasteiger partial charge in [0.2, 0.25) is 0 Å². The van der Waals surface area contributed by atoms with Crippen LogP contribution in [0.15, 0.2) is 59.3 Å². The van der Waals surface area contributed by atoms with Gasteiger partial charge < -0.3 is 10.6 Å². The van der Waals surface area contributed by atoms with Crippen LogP contribution < -0.4 is 10.6 Å². The first-order chi connectivity index (χ1) is 10.2. The minimum Gasteiger partial charge on any atom is -0.399 e. The highest BCUT2D eigenvalue weighted by Crippen LogP contribution is 2.24. The summed E-state index contributed by atoms with van der Waals surface area (Å²) in [4.78, 5) is 16.4. The number of amides is 1. The van der Waals surface area contributed by atoms with Crippen LogP contribution in [0.4, 0.5) is 11.4 Å². The normalized spacial score (nSPS) is 10.5. The van der Waals surface area contributed by atoms with Crippen molar-refractivity contribution in [3.63, 3.8) is 0 Å². The Hall–Kier alpha value is -2.11. The topological polar surface area (TPSA) is 46.3 Å². The molecule has 0 aliphatic heterocycles. The first-order valence-corrected chi connectivity index (χ1v) is 8.23. The highest BCUT2D eigenvalue weighted by molar-refractivity contribution is 7.12. The maximum atomic E-state index is 12.7. The van der Waals surface area contributed by atoms with Gasteiger partial charge in [0.1, 0.15) is 0 Å². The van der Waals surface area contributed by atoms with Crippen molar-refractivity contribution < 1.29 is 4.79 Å². The molecular weight excluding hydrogens is 300 g/mol. The molecule has 0 atom stereocenters. The molecule has 5 heteroatoms. The Balaban J connectivity index is 1.94. The molecule has 0 aliphatic carbocycles. The van der Waals surface area contributed by atoms with Gasteiger partial charge in [-0.3, -0.25) is 4.79 Å². The lowest BCUT2D eigenvalue weighted by atomic mass is 10.2. The molecule has 0 fully saturated rings. The lowest BCUT2D eigenvalue weighted by molar-refractivity contribution is 0.0989. The Morgan fingerprint density at radius 3 is 2.33 bits per heavy atom. The molecule has 3 nitrogen and oxygen atoms in total. The van der Waals surface area contributed by atoms with Crippen LogP contribution in [0.2, 0.25) is 0 Å². The lowest BCUT2D eigenvalue weighted by Crippen LogP contribution is -2.29. The van der Waals surface area contributed by atoms with Crippen molar-refractivity contribution in [2.24, 2.45) is 0 Å². The number of nitrogens with zero attached hydrogens (tertiary/aromatic N) is 1. The molecule has 3 aromatic rings. The minimum absolute atomic E-state index is 0.0168. The third-order valence-electron chi connectivity index (χ3n) is 3.08. The molecular formula is C16H14N2OS2. The predicted molar refractivity (Wildman–Crippen MR) is 90.0 cm³/mol. The number of hydrogen-bond acceptors (Lipinski definition) is 4. The van der Waals surface area contributed by atoms with Gasteiger partial charge in [-0.25, -0.2) is 0 Å². The van der Waals surface area contributed by atoms with Crippen molar-refractivity contribution in [2.45, 2.75) is 6.54 Å². The predicted octanol–water partition coefficient (Wildman–Crippen LogP) is 4.24.